The van der Waals surface area contributed by atoms with E-state index in [1.54, 1.807) is 0 Å². The van der Waals surface area contributed by atoms with Crippen molar-refractivity contribution >= 4 is 5.78 Å². The van der Waals surface area contributed by atoms with Gasteiger partial charge in [0, 0.05) is 12.3 Å². The molecule has 1 fully saturated rings. The van der Waals surface area contributed by atoms with Crippen LogP contribution in [0.25, 0.3) is 0 Å². The van der Waals surface area contributed by atoms with Crippen molar-refractivity contribution < 1.29 is 4.79 Å². The van der Waals surface area contributed by atoms with Crippen molar-refractivity contribution in [3.8, 4) is 0 Å². The molecular weight excluding hydrogens is 160 g/mol. The van der Waals surface area contributed by atoms with Gasteiger partial charge in [0.05, 0.1) is 0 Å². The van der Waals surface area contributed by atoms with Crippen LogP contribution in [0.15, 0.2) is 23.3 Å². The molecule has 2 unspecified atom stereocenters. The standard InChI is InChI=1S/C12H14O/c13-12-7-6-10-9-3-1-2-8(9)4-5-11(10)12/h1,3,8,11H,2,4-7H2. The quantitative estimate of drug-likeness (QED) is 0.551. The fourth-order valence-corrected chi connectivity index (χ4v) is 3.11. The summed E-state index contributed by atoms with van der Waals surface area (Å²) in [5.41, 5.74) is 3.03. The third-order valence-electron chi connectivity index (χ3n) is 3.78. The molecule has 1 heteroatoms. The van der Waals surface area contributed by atoms with E-state index >= 15 is 0 Å². The highest BCUT2D eigenvalue weighted by Gasteiger charge is 2.37. The fraction of sp³-hybridized carbons (Fsp3) is 0.583. The Bertz CT molecular complexity index is 322. The Balaban J connectivity index is 2.07. The molecule has 0 aliphatic heterocycles. The Morgan fingerprint density at radius 3 is 3.08 bits per heavy atom. The average Bonchev–Trinajstić information content (AvgIpc) is 2.70. The fourth-order valence-electron chi connectivity index (χ4n) is 3.11. The van der Waals surface area contributed by atoms with Crippen LogP contribution >= 0.6 is 0 Å². The average molecular weight is 174 g/mol. The van der Waals surface area contributed by atoms with Crippen molar-refractivity contribution in [3.63, 3.8) is 0 Å². The minimum Gasteiger partial charge on any atom is -0.299 e. The molecule has 0 aromatic heterocycles. The number of carbonyl (C=O) groups excluding carboxylic acids is 1. The first-order valence-corrected chi connectivity index (χ1v) is 5.28. The molecule has 0 bridgehead atoms. The van der Waals surface area contributed by atoms with Crippen LogP contribution < -0.4 is 0 Å². The summed E-state index contributed by atoms with van der Waals surface area (Å²) < 4.78 is 0. The molecule has 3 rings (SSSR count). The van der Waals surface area contributed by atoms with Crippen molar-refractivity contribution in [2.45, 2.75) is 32.1 Å². The molecule has 0 amide bonds. The van der Waals surface area contributed by atoms with Gasteiger partial charge >= 0.3 is 0 Å². The Morgan fingerprint density at radius 2 is 2.15 bits per heavy atom. The minimum absolute atomic E-state index is 0.328. The minimum atomic E-state index is 0.328. The Kier molecular flexibility index (Phi) is 1.49. The molecule has 1 saturated carbocycles. The van der Waals surface area contributed by atoms with Gasteiger partial charge in [-0.15, -0.1) is 0 Å². The van der Waals surface area contributed by atoms with E-state index in [0.717, 1.165) is 25.2 Å². The van der Waals surface area contributed by atoms with Gasteiger partial charge in [0.25, 0.3) is 0 Å². The lowest BCUT2D eigenvalue weighted by atomic mass is 9.79. The predicted octanol–water partition coefficient (Wildman–Crippen LogP) is 2.63. The summed E-state index contributed by atoms with van der Waals surface area (Å²) in [6, 6.07) is 0. The number of hydrogen-bond donors (Lipinski definition) is 0. The van der Waals surface area contributed by atoms with Crippen LogP contribution in [-0.4, -0.2) is 5.78 Å². The molecule has 3 aliphatic rings. The molecule has 0 aromatic carbocycles. The molecule has 0 radical (unpaired) electrons. The molecule has 0 heterocycles. The molecule has 0 saturated heterocycles. The molecular formula is C12H14O. The third kappa shape index (κ3) is 0.962. The second-order valence-electron chi connectivity index (χ2n) is 4.41. The summed E-state index contributed by atoms with van der Waals surface area (Å²) in [5, 5.41) is 0. The maximum absolute atomic E-state index is 11.5. The van der Waals surface area contributed by atoms with E-state index in [-0.39, 0.29) is 0 Å². The predicted molar refractivity (Wildman–Crippen MR) is 51.2 cm³/mol. The van der Waals surface area contributed by atoms with Crippen LogP contribution in [0.2, 0.25) is 0 Å². The van der Waals surface area contributed by atoms with Gasteiger partial charge < -0.3 is 0 Å². The van der Waals surface area contributed by atoms with Crippen molar-refractivity contribution in [2.24, 2.45) is 11.8 Å². The Hall–Kier alpha value is -0.850. The molecule has 68 valence electrons. The highest BCUT2D eigenvalue weighted by atomic mass is 16.1. The van der Waals surface area contributed by atoms with Gasteiger partial charge in [-0.25, -0.2) is 0 Å². The van der Waals surface area contributed by atoms with Gasteiger partial charge in [0.2, 0.25) is 0 Å². The van der Waals surface area contributed by atoms with Crippen LogP contribution in [0.4, 0.5) is 0 Å². The summed E-state index contributed by atoms with van der Waals surface area (Å²) in [7, 11) is 0. The summed E-state index contributed by atoms with van der Waals surface area (Å²) in [4.78, 5) is 11.5. The lowest BCUT2D eigenvalue weighted by Crippen LogP contribution is -2.17. The second-order valence-corrected chi connectivity index (χ2v) is 4.41. The Labute approximate surface area is 78.5 Å². The number of fused-ring (bicyclic) bond motifs is 2. The molecule has 3 aliphatic carbocycles. The highest BCUT2D eigenvalue weighted by molar-refractivity contribution is 5.87. The van der Waals surface area contributed by atoms with Gasteiger partial charge in [-0.2, -0.15) is 0 Å². The molecule has 2 atom stereocenters. The van der Waals surface area contributed by atoms with Crippen LogP contribution in [0.5, 0.6) is 0 Å². The van der Waals surface area contributed by atoms with E-state index < -0.39 is 0 Å². The normalized spacial score (nSPS) is 36.8. The number of ketones is 1. The van der Waals surface area contributed by atoms with Crippen LogP contribution in [0, 0.1) is 11.8 Å². The number of Topliss-reactive ketones (excluding diaryl/α,β-unsaturated/α-hetero) is 1. The van der Waals surface area contributed by atoms with Gasteiger partial charge in [-0.1, -0.05) is 17.7 Å². The number of hydrogen-bond acceptors (Lipinski definition) is 1. The molecule has 0 N–H and O–H groups in total. The second kappa shape index (κ2) is 2.57. The lowest BCUT2D eigenvalue weighted by Gasteiger charge is -2.25. The van der Waals surface area contributed by atoms with E-state index in [9.17, 15) is 4.79 Å². The number of allylic oxidation sites excluding steroid dienone is 4. The van der Waals surface area contributed by atoms with Crippen LogP contribution in [-0.2, 0) is 4.79 Å². The monoisotopic (exact) mass is 174 g/mol. The lowest BCUT2D eigenvalue weighted by molar-refractivity contribution is -0.120. The Morgan fingerprint density at radius 1 is 1.23 bits per heavy atom. The smallest absolute Gasteiger partial charge is 0.140 e. The van der Waals surface area contributed by atoms with Crippen LogP contribution in [0.3, 0.4) is 0 Å². The van der Waals surface area contributed by atoms with E-state index in [1.165, 1.54) is 24.0 Å². The summed E-state index contributed by atoms with van der Waals surface area (Å²) in [6.07, 6.45) is 10.00. The van der Waals surface area contributed by atoms with Crippen molar-refractivity contribution in [1.29, 1.82) is 0 Å². The first-order valence-electron chi connectivity index (χ1n) is 5.28. The van der Waals surface area contributed by atoms with Crippen LogP contribution in [0.1, 0.15) is 32.1 Å². The topological polar surface area (TPSA) is 17.1 Å². The van der Waals surface area contributed by atoms with E-state index in [2.05, 4.69) is 12.2 Å². The van der Waals surface area contributed by atoms with E-state index in [1.807, 2.05) is 0 Å². The van der Waals surface area contributed by atoms with Crippen molar-refractivity contribution in [1.82, 2.24) is 0 Å². The zero-order valence-electron chi connectivity index (χ0n) is 7.75. The molecule has 0 spiro atoms. The summed E-state index contributed by atoms with van der Waals surface area (Å²) in [5.74, 6) is 1.60. The van der Waals surface area contributed by atoms with Gasteiger partial charge in [0.15, 0.2) is 0 Å². The molecule has 13 heavy (non-hydrogen) atoms. The zero-order valence-corrected chi connectivity index (χ0v) is 7.75. The largest absolute Gasteiger partial charge is 0.299 e. The first kappa shape index (κ1) is 7.54. The summed E-state index contributed by atoms with van der Waals surface area (Å²) in [6.45, 7) is 0. The van der Waals surface area contributed by atoms with Gasteiger partial charge in [-0.3, -0.25) is 4.79 Å². The van der Waals surface area contributed by atoms with E-state index in [4.69, 9.17) is 0 Å². The SMILES string of the molecule is O=C1CCC2=C3C=CCC3CCC12. The molecule has 1 nitrogen and oxygen atoms in total. The van der Waals surface area contributed by atoms with Gasteiger partial charge in [-0.05, 0) is 37.2 Å². The summed E-state index contributed by atoms with van der Waals surface area (Å²) >= 11 is 0. The highest BCUT2D eigenvalue weighted by Crippen LogP contribution is 2.45. The number of carbonyl (C=O) groups is 1. The van der Waals surface area contributed by atoms with Gasteiger partial charge in [0.1, 0.15) is 5.78 Å². The maximum atomic E-state index is 11.5. The maximum Gasteiger partial charge on any atom is 0.140 e. The van der Waals surface area contributed by atoms with Crippen molar-refractivity contribution in [3.05, 3.63) is 23.3 Å². The molecule has 0 aromatic rings. The zero-order chi connectivity index (χ0) is 8.84. The third-order valence-corrected chi connectivity index (χ3v) is 3.78. The van der Waals surface area contributed by atoms with Crippen molar-refractivity contribution in [2.75, 3.05) is 0 Å². The number of rotatable bonds is 0. The van der Waals surface area contributed by atoms with E-state index in [0.29, 0.717) is 11.7 Å². The first-order chi connectivity index (χ1) is 6.36.